The first-order chi connectivity index (χ1) is 8.22. The Bertz CT molecular complexity index is 381. The predicted molar refractivity (Wildman–Crippen MR) is 76.6 cm³/mol. The Morgan fingerprint density at radius 2 is 2.35 bits per heavy atom. The number of hydrogen-bond acceptors (Lipinski definition) is 4. The molecule has 0 amide bonds. The second kappa shape index (κ2) is 5.63. The van der Waals surface area contributed by atoms with Crippen LogP contribution < -0.4 is 11.1 Å². The molecule has 3 N–H and O–H groups in total. The van der Waals surface area contributed by atoms with Gasteiger partial charge in [0.1, 0.15) is 5.82 Å². The van der Waals surface area contributed by atoms with Crippen LogP contribution in [0.15, 0.2) is 12.3 Å². The van der Waals surface area contributed by atoms with Gasteiger partial charge < -0.3 is 11.1 Å². The fourth-order valence-electron chi connectivity index (χ4n) is 2.37. The van der Waals surface area contributed by atoms with Gasteiger partial charge in [-0.25, -0.2) is 4.98 Å². The van der Waals surface area contributed by atoms with Gasteiger partial charge in [0, 0.05) is 17.5 Å². The summed E-state index contributed by atoms with van der Waals surface area (Å²) in [6, 6.07) is 2.48. The van der Waals surface area contributed by atoms with Crippen molar-refractivity contribution in [1.29, 1.82) is 0 Å². The van der Waals surface area contributed by atoms with E-state index in [0.29, 0.717) is 11.3 Å². The largest absolute Gasteiger partial charge is 0.396 e. The Hall–Kier alpha value is -0.900. The van der Waals surface area contributed by atoms with Crippen molar-refractivity contribution >= 4 is 23.3 Å². The van der Waals surface area contributed by atoms with Crippen LogP contribution >= 0.6 is 11.8 Å². The number of nitrogens with two attached hydrogens (primary N) is 1. The zero-order valence-corrected chi connectivity index (χ0v) is 11.4. The lowest BCUT2D eigenvalue weighted by molar-refractivity contribution is 0.763. The van der Waals surface area contributed by atoms with Gasteiger partial charge in [-0.2, -0.15) is 11.8 Å². The van der Waals surface area contributed by atoms with Crippen LogP contribution in [0.5, 0.6) is 0 Å². The van der Waals surface area contributed by atoms with E-state index in [9.17, 15) is 0 Å². The van der Waals surface area contributed by atoms with Gasteiger partial charge in [0.2, 0.25) is 0 Å². The van der Waals surface area contributed by atoms with E-state index in [4.69, 9.17) is 5.73 Å². The van der Waals surface area contributed by atoms with Crippen LogP contribution in [-0.4, -0.2) is 22.0 Å². The normalized spacial score (nSPS) is 23.9. The maximum Gasteiger partial charge on any atom is 0.149 e. The van der Waals surface area contributed by atoms with Crippen molar-refractivity contribution in [2.24, 2.45) is 0 Å². The van der Waals surface area contributed by atoms with E-state index in [-0.39, 0.29) is 0 Å². The van der Waals surface area contributed by atoms with Crippen LogP contribution in [0.3, 0.4) is 0 Å². The molecule has 1 aliphatic rings. The minimum atomic E-state index is 0.525. The van der Waals surface area contributed by atoms with E-state index < -0.39 is 0 Å². The summed E-state index contributed by atoms with van der Waals surface area (Å²) in [7, 11) is 0. The maximum absolute atomic E-state index is 6.05. The van der Waals surface area contributed by atoms with Crippen molar-refractivity contribution in [3.05, 3.63) is 17.8 Å². The van der Waals surface area contributed by atoms with Crippen molar-refractivity contribution in [3.63, 3.8) is 0 Å². The molecule has 3 nitrogen and oxygen atoms in total. The quantitative estimate of drug-likeness (QED) is 0.863. The molecule has 0 saturated heterocycles. The molecule has 1 aromatic heterocycles. The minimum absolute atomic E-state index is 0.525. The van der Waals surface area contributed by atoms with Crippen LogP contribution in [0.4, 0.5) is 11.5 Å². The molecular weight excluding hydrogens is 230 g/mol. The predicted octanol–water partition coefficient (Wildman–Crippen LogP) is 3.06. The molecule has 94 valence electrons. The molecule has 0 spiro atoms. The van der Waals surface area contributed by atoms with Crippen LogP contribution in [0.1, 0.15) is 31.7 Å². The molecule has 0 bridgehead atoms. The van der Waals surface area contributed by atoms with Crippen LogP contribution in [0, 0.1) is 6.92 Å². The molecule has 1 saturated carbocycles. The lowest BCUT2D eigenvalue weighted by Gasteiger charge is -2.21. The lowest BCUT2D eigenvalue weighted by atomic mass is 10.2. The summed E-state index contributed by atoms with van der Waals surface area (Å²) in [5, 5.41) is 4.24. The fourth-order valence-corrected chi connectivity index (χ4v) is 3.56. The number of hydrogen-bond donors (Lipinski definition) is 2. The van der Waals surface area contributed by atoms with Gasteiger partial charge in [-0.05, 0) is 37.1 Å². The van der Waals surface area contributed by atoms with Crippen LogP contribution in [-0.2, 0) is 0 Å². The number of rotatable bonds is 4. The number of thioether (sulfide) groups is 1. The molecule has 4 heteroatoms. The smallest absolute Gasteiger partial charge is 0.149 e. The summed E-state index contributed by atoms with van der Waals surface area (Å²) in [6.45, 7) is 4.24. The molecule has 0 aliphatic heterocycles. The second-order valence-electron chi connectivity index (χ2n) is 4.57. The van der Waals surface area contributed by atoms with Crippen molar-refractivity contribution in [1.82, 2.24) is 4.98 Å². The van der Waals surface area contributed by atoms with Gasteiger partial charge in [-0.3, -0.25) is 0 Å². The minimum Gasteiger partial charge on any atom is -0.396 e. The fraction of sp³-hybridized carbons (Fsp3) is 0.615. The van der Waals surface area contributed by atoms with Gasteiger partial charge in [0.05, 0.1) is 5.69 Å². The highest BCUT2D eigenvalue weighted by atomic mass is 32.2. The second-order valence-corrected chi connectivity index (χ2v) is 6.08. The summed E-state index contributed by atoms with van der Waals surface area (Å²) in [4.78, 5) is 4.35. The summed E-state index contributed by atoms with van der Waals surface area (Å²) in [5.41, 5.74) is 7.94. The molecule has 2 rings (SSSR count). The van der Waals surface area contributed by atoms with E-state index in [1.807, 2.05) is 30.9 Å². The Morgan fingerprint density at radius 1 is 1.53 bits per heavy atom. The third-order valence-corrected chi connectivity index (χ3v) is 4.69. The number of aryl methyl sites for hydroxylation is 1. The monoisotopic (exact) mass is 251 g/mol. The lowest BCUT2D eigenvalue weighted by Crippen LogP contribution is -2.27. The number of nitrogen functional groups attached to an aromatic ring is 1. The number of anilines is 2. The maximum atomic E-state index is 6.05. The van der Waals surface area contributed by atoms with E-state index in [0.717, 1.165) is 17.1 Å². The molecule has 2 unspecified atom stereocenters. The Balaban J connectivity index is 2.07. The molecule has 1 fully saturated rings. The van der Waals surface area contributed by atoms with Gasteiger partial charge in [0.25, 0.3) is 0 Å². The van der Waals surface area contributed by atoms with Crippen LogP contribution in [0.2, 0.25) is 0 Å². The molecule has 1 aromatic rings. The van der Waals surface area contributed by atoms with Gasteiger partial charge in [0.15, 0.2) is 0 Å². The first-order valence-electron chi connectivity index (χ1n) is 6.31. The van der Waals surface area contributed by atoms with Crippen molar-refractivity contribution in [2.45, 2.75) is 44.4 Å². The third kappa shape index (κ3) is 2.86. The number of nitrogens with one attached hydrogen (secondary N) is 1. The van der Waals surface area contributed by atoms with Gasteiger partial charge in [-0.15, -0.1) is 0 Å². The zero-order valence-electron chi connectivity index (χ0n) is 10.6. The topological polar surface area (TPSA) is 50.9 Å². The summed E-state index contributed by atoms with van der Waals surface area (Å²) in [5.74, 6) is 2.04. The van der Waals surface area contributed by atoms with Crippen molar-refractivity contribution in [2.75, 3.05) is 16.8 Å². The number of aromatic nitrogens is 1. The summed E-state index contributed by atoms with van der Waals surface area (Å²) in [6.07, 6.45) is 5.67. The first-order valence-corrected chi connectivity index (χ1v) is 7.36. The summed E-state index contributed by atoms with van der Waals surface area (Å²) < 4.78 is 0. The molecule has 17 heavy (non-hydrogen) atoms. The van der Waals surface area contributed by atoms with Crippen molar-refractivity contribution < 1.29 is 0 Å². The highest BCUT2D eigenvalue weighted by molar-refractivity contribution is 7.99. The molecule has 2 atom stereocenters. The van der Waals surface area contributed by atoms with Gasteiger partial charge >= 0.3 is 0 Å². The Labute approximate surface area is 108 Å². The van der Waals surface area contributed by atoms with Crippen LogP contribution in [0.25, 0.3) is 0 Å². The van der Waals surface area contributed by atoms with E-state index in [2.05, 4.69) is 17.2 Å². The van der Waals surface area contributed by atoms with Gasteiger partial charge in [-0.1, -0.05) is 13.3 Å². The average Bonchev–Trinajstić information content (AvgIpc) is 2.73. The first kappa shape index (κ1) is 12.6. The number of pyridine rings is 1. The Morgan fingerprint density at radius 3 is 3.12 bits per heavy atom. The molecule has 0 aromatic carbocycles. The van der Waals surface area contributed by atoms with E-state index in [1.54, 1.807) is 0 Å². The molecule has 1 aliphatic carbocycles. The van der Waals surface area contributed by atoms with E-state index >= 15 is 0 Å². The number of nitrogens with zero attached hydrogens (tertiary/aromatic N) is 1. The highest BCUT2D eigenvalue weighted by Gasteiger charge is 2.27. The molecule has 1 heterocycles. The molecular formula is C13H21N3S. The summed E-state index contributed by atoms with van der Waals surface area (Å²) >= 11 is 2.05. The molecule has 0 radical (unpaired) electrons. The SMILES string of the molecule is CCSC1CCCC1Nc1nccc(C)c1N. The zero-order chi connectivity index (χ0) is 12.3. The standard InChI is InChI=1S/C13H21N3S/c1-3-17-11-6-4-5-10(11)16-13-12(14)9(2)7-8-15-13/h7-8,10-11H,3-6,14H2,1-2H3,(H,15,16). The third-order valence-electron chi connectivity index (χ3n) is 3.36. The van der Waals surface area contributed by atoms with E-state index in [1.165, 1.54) is 25.0 Å². The average molecular weight is 251 g/mol. The Kier molecular flexibility index (Phi) is 4.15. The van der Waals surface area contributed by atoms with Crippen molar-refractivity contribution in [3.8, 4) is 0 Å². The highest BCUT2D eigenvalue weighted by Crippen LogP contribution is 2.33.